The van der Waals surface area contributed by atoms with Gasteiger partial charge in [0.15, 0.2) is 0 Å². The number of benzene rings is 1. The van der Waals surface area contributed by atoms with Crippen molar-refractivity contribution in [3.8, 4) is 5.75 Å². The van der Waals surface area contributed by atoms with Crippen molar-refractivity contribution < 1.29 is 17.9 Å². The van der Waals surface area contributed by atoms with Crippen LogP contribution in [0.25, 0.3) is 0 Å². The van der Waals surface area contributed by atoms with Crippen molar-refractivity contribution in [1.82, 2.24) is 0 Å². The zero-order valence-corrected chi connectivity index (χ0v) is 7.56. The van der Waals surface area contributed by atoms with E-state index < -0.39 is 22.0 Å². The molecule has 8 heteroatoms. The van der Waals surface area contributed by atoms with Gasteiger partial charge in [0.25, 0.3) is 0 Å². The van der Waals surface area contributed by atoms with Crippen LogP contribution in [0, 0.1) is 10.1 Å². The van der Waals surface area contributed by atoms with Crippen molar-refractivity contribution in [3.63, 3.8) is 0 Å². The van der Waals surface area contributed by atoms with Gasteiger partial charge in [-0.05, 0) is 6.07 Å². The lowest BCUT2D eigenvalue weighted by Gasteiger charge is -2.01. The number of nitrogens with two attached hydrogens (primary N) is 1. The number of nitro benzene ring substituents is 1. The number of hydrogen-bond acceptors (Lipinski definition) is 5. The summed E-state index contributed by atoms with van der Waals surface area (Å²) < 4.78 is 23.0. The smallest absolute Gasteiger partial charge is 0.357 e. The lowest BCUT2D eigenvalue weighted by atomic mass is 10.3. The first-order valence-corrected chi connectivity index (χ1v) is 4.37. The molecule has 1 unspecified atom stereocenters. The average Bonchev–Trinajstić information content (AvgIpc) is 2.01. The van der Waals surface area contributed by atoms with Gasteiger partial charge in [-0.25, -0.2) is 0 Å². The number of nitrogen functional groups attached to an aromatic ring is 1. The third-order valence-electron chi connectivity index (χ3n) is 1.34. The van der Waals surface area contributed by atoms with E-state index in [1.54, 1.807) is 0 Å². The molecule has 0 spiro atoms. The number of anilines is 1. The van der Waals surface area contributed by atoms with E-state index in [1.165, 1.54) is 6.07 Å². The van der Waals surface area contributed by atoms with Crippen LogP contribution >= 0.6 is 0 Å². The minimum atomic E-state index is -2.61. The molecule has 7 nitrogen and oxygen atoms in total. The lowest BCUT2D eigenvalue weighted by Crippen LogP contribution is -2.01. The van der Waals surface area contributed by atoms with Crippen LogP contribution in [-0.4, -0.2) is 13.7 Å². The molecule has 3 N–H and O–H groups in total. The first-order chi connectivity index (χ1) is 6.50. The third kappa shape index (κ3) is 2.41. The molecule has 0 heterocycles. The van der Waals surface area contributed by atoms with Crippen LogP contribution in [0.5, 0.6) is 5.75 Å². The monoisotopic (exact) mass is 218 g/mol. The van der Waals surface area contributed by atoms with Crippen molar-refractivity contribution >= 4 is 22.7 Å². The van der Waals surface area contributed by atoms with E-state index in [1.807, 2.05) is 0 Å². The molecule has 1 aromatic rings. The van der Waals surface area contributed by atoms with E-state index in [0.717, 1.165) is 12.1 Å². The Balaban J connectivity index is 3.15. The summed E-state index contributed by atoms with van der Waals surface area (Å²) in [4.78, 5) is 9.68. The van der Waals surface area contributed by atoms with Gasteiger partial charge in [0.1, 0.15) is 0 Å². The van der Waals surface area contributed by atoms with Crippen LogP contribution in [0.15, 0.2) is 18.2 Å². The fourth-order valence-corrected chi connectivity index (χ4v) is 1.11. The van der Waals surface area contributed by atoms with E-state index in [4.69, 9.17) is 10.3 Å². The summed E-state index contributed by atoms with van der Waals surface area (Å²) in [5, 5.41) is 10.4. The fourth-order valence-electron chi connectivity index (χ4n) is 0.825. The fraction of sp³-hybridized carbons (Fsp3) is 0. The predicted octanol–water partition coefficient (Wildman–Crippen LogP) is 0.693. The van der Waals surface area contributed by atoms with E-state index in [0.29, 0.717) is 0 Å². The second-order valence-corrected chi connectivity index (χ2v) is 2.89. The van der Waals surface area contributed by atoms with Crippen LogP contribution in [0.1, 0.15) is 0 Å². The van der Waals surface area contributed by atoms with Crippen LogP contribution in [-0.2, 0) is 11.4 Å². The molecule has 0 fully saturated rings. The van der Waals surface area contributed by atoms with Gasteiger partial charge >= 0.3 is 17.0 Å². The topological polar surface area (TPSA) is 116 Å². The summed E-state index contributed by atoms with van der Waals surface area (Å²) in [6.45, 7) is 0. The molecule has 14 heavy (non-hydrogen) atoms. The van der Waals surface area contributed by atoms with E-state index >= 15 is 0 Å². The Bertz CT molecular complexity index is 394. The van der Waals surface area contributed by atoms with Crippen LogP contribution in [0.4, 0.5) is 11.4 Å². The number of nitrogens with zero attached hydrogens (tertiary/aromatic N) is 1. The summed E-state index contributed by atoms with van der Waals surface area (Å²) >= 11 is -2.61. The summed E-state index contributed by atoms with van der Waals surface area (Å²) in [6, 6.07) is 3.50. The Labute approximate surface area is 81.1 Å². The molecule has 0 aliphatic rings. The minimum absolute atomic E-state index is 0.205. The van der Waals surface area contributed by atoms with Gasteiger partial charge in [-0.2, -0.15) is 4.21 Å². The zero-order chi connectivity index (χ0) is 10.7. The highest BCUT2D eigenvalue weighted by molar-refractivity contribution is 7.74. The lowest BCUT2D eigenvalue weighted by molar-refractivity contribution is -0.385. The molecule has 0 aromatic heterocycles. The number of hydrogen-bond donors (Lipinski definition) is 2. The van der Waals surface area contributed by atoms with Crippen LogP contribution in [0.3, 0.4) is 0 Å². The SMILES string of the molecule is Nc1ccc([N+](=O)[O-])c(OS(=O)O)c1. The van der Waals surface area contributed by atoms with Gasteiger partial charge < -0.3 is 9.92 Å². The van der Waals surface area contributed by atoms with Gasteiger partial charge in [0.2, 0.25) is 5.75 Å². The average molecular weight is 218 g/mol. The van der Waals surface area contributed by atoms with Crippen molar-refractivity contribution in [1.29, 1.82) is 0 Å². The Morgan fingerprint density at radius 3 is 2.71 bits per heavy atom. The van der Waals surface area contributed by atoms with Crippen LogP contribution < -0.4 is 9.92 Å². The molecular weight excluding hydrogens is 212 g/mol. The first kappa shape index (κ1) is 10.4. The van der Waals surface area contributed by atoms with E-state index in [2.05, 4.69) is 4.18 Å². The van der Waals surface area contributed by atoms with Crippen molar-refractivity contribution in [2.75, 3.05) is 5.73 Å². The van der Waals surface area contributed by atoms with Gasteiger partial charge in [-0.1, -0.05) is 0 Å². The van der Waals surface area contributed by atoms with Crippen molar-refractivity contribution in [2.45, 2.75) is 0 Å². The Kier molecular flexibility index (Phi) is 2.99. The minimum Gasteiger partial charge on any atom is -0.399 e. The molecule has 76 valence electrons. The highest BCUT2D eigenvalue weighted by Gasteiger charge is 2.16. The molecular formula is C6H6N2O5S. The number of rotatable bonds is 3. The summed E-state index contributed by atoms with van der Waals surface area (Å²) in [5.74, 6) is -0.337. The molecule has 0 radical (unpaired) electrons. The highest BCUT2D eigenvalue weighted by Crippen LogP contribution is 2.29. The Morgan fingerprint density at radius 1 is 1.57 bits per heavy atom. The molecule has 0 bridgehead atoms. The Hall–Kier alpha value is -1.67. The molecule has 0 saturated heterocycles. The highest BCUT2D eigenvalue weighted by atomic mass is 32.2. The first-order valence-electron chi connectivity index (χ1n) is 3.34. The quantitative estimate of drug-likeness (QED) is 0.333. The molecule has 1 rings (SSSR count). The summed E-state index contributed by atoms with van der Waals surface area (Å²) in [6.07, 6.45) is 0. The Morgan fingerprint density at radius 2 is 2.21 bits per heavy atom. The predicted molar refractivity (Wildman–Crippen MR) is 48.9 cm³/mol. The maximum Gasteiger partial charge on any atom is 0.357 e. The summed E-state index contributed by atoms with van der Waals surface area (Å²) in [7, 11) is 0. The molecule has 0 amide bonds. The van der Waals surface area contributed by atoms with Gasteiger partial charge in [-0.3, -0.25) is 14.7 Å². The van der Waals surface area contributed by atoms with Crippen LogP contribution in [0.2, 0.25) is 0 Å². The standard InChI is InChI=1S/C6H6N2O5S/c7-4-1-2-5(8(9)10)6(3-4)13-14(11)12/h1-3H,7H2,(H,11,12). The molecule has 0 aliphatic carbocycles. The molecule has 0 aliphatic heterocycles. The normalized spacial score (nSPS) is 12.1. The molecule has 0 saturated carbocycles. The zero-order valence-electron chi connectivity index (χ0n) is 6.75. The second kappa shape index (κ2) is 4.03. The van der Waals surface area contributed by atoms with Crippen molar-refractivity contribution in [3.05, 3.63) is 28.3 Å². The van der Waals surface area contributed by atoms with Gasteiger partial charge in [0, 0.05) is 17.8 Å². The number of nitro groups is 1. The van der Waals surface area contributed by atoms with Gasteiger partial charge in [0.05, 0.1) is 4.92 Å². The molecule has 1 aromatic carbocycles. The van der Waals surface area contributed by atoms with Crippen molar-refractivity contribution in [2.24, 2.45) is 0 Å². The molecule has 1 atom stereocenters. The maximum atomic E-state index is 10.4. The third-order valence-corrected chi connectivity index (χ3v) is 1.66. The summed E-state index contributed by atoms with van der Waals surface area (Å²) in [5.41, 5.74) is 5.11. The second-order valence-electron chi connectivity index (χ2n) is 2.28. The maximum absolute atomic E-state index is 10.4. The van der Waals surface area contributed by atoms with E-state index in [9.17, 15) is 14.3 Å². The van der Waals surface area contributed by atoms with E-state index in [-0.39, 0.29) is 11.4 Å². The van der Waals surface area contributed by atoms with Gasteiger partial charge in [-0.15, -0.1) is 0 Å². The largest absolute Gasteiger partial charge is 0.399 e.